The number of anilines is 1. The van der Waals surface area contributed by atoms with E-state index in [1.54, 1.807) is 23.3 Å². The van der Waals surface area contributed by atoms with Gasteiger partial charge in [0.25, 0.3) is 0 Å². The second-order valence-corrected chi connectivity index (χ2v) is 6.07. The number of hydrogen-bond donors (Lipinski definition) is 1. The summed E-state index contributed by atoms with van der Waals surface area (Å²) in [7, 11) is 0. The van der Waals surface area contributed by atoms with Crippen molar-refractivity contribution in [2.45, 2.75) is 27.2 Å². The Morgan fingerprint density at radius 1 is 1.26 bits per heavy atom. The van der Waals surface area contributed by atoms with E-state index in [0.29, 0.717) is 5.69 Å². The first kappa shape index (κ1) is 15.1. The first-order valence-corrected chi connectivity index (χ1v) is 7.59. The van der Waals surface area contributed by atoms with Crippen molar-refractivity contribution >= 4 is 22.5 Å². The summed E-state index contributed by atoms with van der Waals surface area (Å²) in [4.78, 5) is 16.9. The lowest BCUT2D eigenvalue weighted by Gasteiger charge is -2.22. The van der Waals surface area contributed by atoms with Crippen molar-refractivity contribution in [3.05, 3.63) is 42.9 Å². The molecule has 0 atom stereocenters. The maximum absolute atomic E-state index is 12.5. The summed E-state index contributed by atoms with van der Waals surface area (Å²) < 4.78 is 1.69. The molecule has 3 aromatic rings. The topological polar surface area (TPSA) is 72.7 Å². The SMILES string of the molecule is CCC(C)(C)C(=O)Nc1ccc(-n2ccnn2)c2cccnc12. The molecule has 0 bridgehead atoms. The van der Waals surface area contributed by atoms with E-state index in [1.807, 2.05) is 45.0 Å². The maximum Gasteiger partial charge on any atom is 0.230 e. The van der Waals surface area contributed by atoms with Crippen molar-refractivity contribution < 1.29 is 4.79 Å². The standard InChI is InChI=1S/C17H19N5O/c1-4-17(2,3)16(23)20-13-7-8-14(22-11-10-19-21-22)12-6-5-9-18-15(12)13/h5-11H,4H2,1-3H3,(H,20,23). The zero-order chi connectivity index (χ0) is 16.4. The Bertz CT molecular complexity index is 839. The van der Waals surface area contributed by atoms with Crippen LogP contribution in [0, 0.1) is 5.41 Å². The molecule has 0 spiro atoms. The van der Waals surface area contributed by atoms with Gasteiger partial charge in [-0.2, -0.15) is 0 Å². The minimum absolute atomic E-state index is 0.0135. The van der Waals surface area contributed by atoms with Gasteiger partial charge in [0.05, 0.1) is 29.3 Å². The number of hydrogen-bond acceptors (Lipinski definition) is 4. The normalized spacial score (nSPS) is 11.6. The average Bonchev–Trinajstić information content (AvgIpc) is 3.09. The molecule has 23 heavy (non-hydrogen) atoms. The predicted molar refractivity (Wildman–Crippen MR) is 89.4 cm³/mol. The van der Waals surface area contributed by atoms with Crippen LogP contribution in [-0.4, -0.2) is 25.9 Å². The number of carbonyl (C=O) groups excluding carboxylic acids is 1. The van der Waals surface area contributed by atoms with E-state index in [-0.39, 0.29) is 5.91 Å². The van der Waals surface area contributed by atoms with Gasteiger partial charge in [-0.1, -0.05) is 26.0 Å². The van der Waals surface area contributed by atoms with Crippen molar-refractivity contribution in [2.24, 2.45) is 5.41 Å². The lowest BCUT2D eigenvalue weighted by atomic mass is 9.89. The highest BCUT2D eigenvalue weighted by Gasteiger charge is 2.26. The Hall–Kier alpha value is -2.76. The van der Waals surface area contributed by atoms with Gasteiger partial charge < -0.3 is 5.32 Å². The van der Waals surface area contributed by atoms with E-state index in [0.717, 1.165) is 23.0 Å². The van der Waals surface area contributed by atoms with Crippen LogP contribution in [0.2, 0.25) is 0 Å². The summed E-state index contributed by atoms with van der Waals surface area (Å²) in [6, 6.07) is 7.59. The fourth-order valence-electron chi connectivity index (χ4n) is 2.25. The molecule has 118 valence electrons. The highest BCUT2D eigenvalue weighted by atomic mass is 16.2. The number of pyridine rings is 1. The van der Waals surface area contributed by atoms with Crippen molar-refractivity contribution in [3.8, 4) is 5.69 Å². The number of fused-ring (bicyclic) bond motifs is 1. The van der Waals surface area contributed by atoms with Crippen LogP contribution >= 0.6 is 0 Å². The Morgan fingerprint density at radius 2 is 2.09 bits per heavy atom. The van der Waals surface area contributed by atoms with Gasteiger partial charge in [0.2, 0.25) is 5.91 Å². The third-order valence-electron chi connectivity index (χ3n) is 4.16. The fourth-order valence-corrected chi connectivity index (χ4v) is 2.25. The van der Waals surface area contributed by atoms with Crippen LogP contribution in [0.25, 0.3) is 16.6 Å². The monoisotopic (exact) mass is 309 g/mol. The molecule has 0 saturated heterocycles. The summed E-state index contributed by atoms with van der Waals surface area (Å²) >= 11 is 0. The third kappa shape index (κ3) is 2.79. The van der Waals surface area contributed by atoms with Gasteiger partial charge in [-0.05, 0) is 30.7 Å². The molecule has 3 rings (SSSR count). The first-order chi connectivity index (χ1) is 11.0. The molecule has 1 aromatic carbocycles. The van der Waals surface area contributed by atoms with E-state index in [1.165, 1.54) is 0 Å². The van der Waals surface area contributed by atoms with Crippen molar-refractivity contribution in [1.29, 1.82) is 0 Å². The van der Waals surface area contributed by atoms with E-state index in [2.05, 4.69) is 20.6 Å². The molecule has 2 heterocycles. The lowest BCUT2D eigenvalue weighted by Crippen LogP contribution is -2.30. The molecule has 0 aliphatic carbocycles. The molecular formula is C17H19N5O. The molecule has 0 fully saturated rings. The molecule has 0 aliphatic rings. The van der Waals surface area contributed by atoms with Crippen LogP contribution in [0.15, 0.2) is 42.9 Å². The zero-order valence-electron chi connectivity index (χ0n) is 13.4. The number of benzene rings is 1. The van der Waals surface area contributed by atoms with E-state index < -0.39 is 5.41 Å². The van der Waals surface area contributed by atoms with Crippen molar-refractivity contribution in [2.75, 3.05) is 5.32 Å². The van der Waals surface area contributed by atoms with Gasteiger partial charge in [-0.25, -0.2) is 4.68 Å². The van der Waals surface area contributed by atoms with Gasteiger partial charge >= 0.3 is 0 Å². The van der Waals surface area contributed by atoms with Crippen LogP contribution in [0.1, 0.15) is 27.2 Å². The van der Waals surface area contributed by atoms with E-state index in [4.69, 9.17) is 0 Å². The quantitative estimate of drug-likeness (QED) is 0.803. The van der Waals surface area contributed by atoms with Gasteiger partial charge in [-0.3, -0.25) is 9.78 Å². The van der Waals surface area contributed by atoms with Crippen LogP contribution < -0.4 is 5.32 Å². The molecule has 0 saturated carbocycles. The van der Waals surface area contributed by atoms with E-state index in [9.17, 15) is 4.79 Å². The summed E-state index contributed by atoms with van der Waals surface area (Å²) in [5, 5.41) is 11.8. The second-order valence-electron chi connectivity index (χ2n) is 6.07. The summed E-state index contributed by atoms with van der Waals surface area (Å²) in [5.74, 6) is -0.0135. The van der Waals surface area contributed by atoms with Crippen molar-refractivity contribution in [3.63, 3.8) is 0 Å². The average molecular weight is 309 g/mol. The zero-order valence-corrected chi connectivity index (χ0v) is 13.4. The fraction of sp³-hybridized carbons (Fsp3) is 0.294. The highest BCUT2D eigenvalue weighted by molar-refractivity contribution is 6.04. The molecule has 0 radical (unpaired) electrons. The molecule has 1 amide bonds. The Morgan fingerprint density at radius 3 is 2.78 bits per heavy atom. The van der Waals surface area contributed by atoms with Crippen LogP contribution in [0.4, 0.5) is 5.69 Å². The maximum atomic E-state index is 12.5. The van der Waals surface area contributed by atoms with Crippen LogP contribution in [-0.2, 0) is 4.79 Å². The summed E-state index contributed by atoms with van der Waals surface area (Å²) in [6.45, 7) is 5.87. The van der Waals surface area contributed by atoms with E-state index >= 15 is 0 Å². The molecule has 6 nitrogen and oxygen atoms in total. The van der Waals surface area contributed by atoms with Crippen LogP contribution in [0.3, 0.4) is 0 Å². The molecule has 6 heteroatoms. The minimum Gasteiger partial charge on any atom is -0.324 e. The highest BCUT2D eigenvalue weighted by Crippen LogP contribution is 2.29. The van der Waals surface area contributed by atoms with Gasteiger partial charge in [0.1, 0.15) is 0 Å². The number of nitrogens with zero attached hydrogens (tertiary/aromatic N) is 4. The number of rotatable bonds is 4. The molecule has 0 aliphatic heterocycles. The summed E-state index contributed by atoms with van der Waals surface area (Å²) in [6.07, 6.45) is 5.89. The van der Waals surface area contributed by atoms with Gasteiger partial charge in [-0.15, -0.1) is 5.10 Å². The molecule has 2 aromatic heterocycles. The largest absolute Gasteiger partial charge is 0.324 e. The Labute approximate surface area is 134 Å². The Balaban J connectivity index is 2.07. The number of amides is 1. The third-order valence-corrected chi connectivity index (χ3v) is 4.16. The number of aromatic nitrogens is 4. The smallest absolute Gasteiger partial charge is 0.230 e. The number of nitrogens with one attached hydrogen (secondary N) is 1. The minimum atomic E-state index is -0.425. The van der Waals surface area contributed by atoms with Crippen LogP contribution in [0.5, 0.6) is 0 Å². The molecule has 1 N–H and O–H groups in total. The second kappa shape index (κ2) is 5.79. The van der Waals surface area contributed by atoms with Gasteiger partial charge in [0.15, 0.2) is 0 Å². The van der Waals surface area contributed by atoms with Crippen molar-refractivity contribution in [1.82, 2.24) is 20.0 Å². The number of carbonyl (C=O) groups is 1. The molecule has 0 unspecified atom stereocenters. The first-order valence-electron chi connectivity index (χ1n) is 7.59. The molecular weight excluding hydrogens is 290 g/mol. The Kier molecular flexibility index (Phi) is 3.82. The summed E-state index contributed by atoms with van der Waals surface area (Å²) in [5.41, 5.74) is 1.89. The predicted octanol–water partition coefficient (Wildman–Crippen LogP) is 3.19. The lowest BCUT2D eigenvalue weighted by molar-refractivity contribution is -0.124. The van der Waals surface area contributed by atoms with Gasteiger partial charge in [0, 0.05) is 17.0 Å².